The molecule has 0 saturated carbocycles. The fourth-order valence-electron chi connectivity index (χ4n) is 1.14. The summed E-state index contributed by atoms with van der Waals surface area (Å²) < 4.78 is 8.40. The van der Waals surface area contributed by atoms with Crippen LogP contribution in [0.2, 0.25) is 0 Å². The second-order valence-electron chi connectivity index (χ2n) is 2.59. The van der Waals surface area contributed by atoms with Crippen LogP contribution in [-0.2, 0) is 4.74 Å². The Balaban J connectivity index is 2.01. The molecule has 12 heavy (non-hydrogen) atoms. The third-order valence-corrected chi connectivity index (χ3v) is 4.52. The van der Waals surface area contributed by atoms with E-state index in [0.717, 1.165) is 0 Å². The van der Waals surface area contributed by atoms with Crippen LogP contribution in [0.15, 0.2) is 46.8 Å². The maximum absolute atomic E-state index is 5.49. The van der Waals surface area contributed by atoms with E-state index in [1.807, 2.05) is 6.08 Å². The molecule has 2 aliphatic heterocycles. The van der Waals surface area contributed by atoms with Gasteiger partial charge in [0.25, 0.3) is 0 Å². The van der Waals surface area contributed by atoms with Crippen LogP contribution < -0.4 is 21.2 Å². The first-order chi connectivity index (χ1) is 5.97. The fourth-order valence-corrected chi connectivity index (χ4v) is 3.40. The van der Waals surface area contributed by atoms with Gasteiger partial charge in [0.2, 0.25) is 0 Å². The molecular weight excluding hydrogens is 263 g/mol. The van der Waals surface area contributed by atoms with Crippen LogP contribution >= 0.6 is 0 Å². The Morgan fingerprint density at radius 1 is 1.00 bits per heavy atom. The molecule has 0 aromatic carbocycles. The molecule has 0 aliphatic carbocycles. The predicted octanol–water partition coefficient (Wildman–Crippen LogP) is -1.00. The van der Waals surface area contributed by atoms with Crippen molar-refractivity contribution in [2.75, 3.05) is 0 Å². The van der Waals surface area contributed by atoms with Gasteiger partial charge in [0.1, 0.15) is 0 Å². The van der Waals surface area contributed by atoms with Gasteiger partial charge in [-0.15, -0.1) is 0 Å². The monoisotopic (exact) mass is 273 g/mol. The van der Waals surface area contributed by atoms with Crippen molar-refractivity contribution in [2.45, 2.75) is 10.0 Å². The molecule has 2 heterocycles. The molecular formula is C10H10IO-. The Bertz CT molecular complexity index is 235. The number of allylic oxidation sites excluding steroid dienone is 4. The van der Waals surface area contributed by atoms with Crippen molar-refractivity contribution in [1.29, 1.82) is 0 Å². The van der Waals surface area contributed by atoms with Gasteiger partial charge in [0.15, 0.2) is 0 Å². The molecule has 0 amide bonds. The number of rotatable bonds is 1. The minimum atomic E-state index is 0.146. The van der Waals surface area contributed by atoms with Crippen molar-refractivity contribution >= 4 is 0 Å². The van der Waals surface area contributed by atoms with E-state index < -0.39 is 0 Å². The van der Waals surface area contributed by atoms with Gasteiger partial charge in [0, 0.05) is 0 Å². The zero-order valence-electron chi connectivity index (χ0n) is 6.56. The average Bonchev–Trinajstić information content (AvgIpc) is 2.21. The van der Waals surface area contributed by atoms with E-state index in [1.165, 1.54) is 0 Å². The Morgan fingerprint density at radius 3 is 2.58 bits per heavy atom. The number of ether oxygens (including phenoxy) is 1. The van der Waals surface area contributed by atoms with Crippen LogP contribution in [0.5, 0.6) is 0 Å². The summed E-state index contributed by atoms with van der Waals surface area (Å²) in [5.41, 5.74) is 0. The summed E-state index contributed by atoms with van der Waals surface area (Å²) in [6.07, 6.45) is 14.7. The second-order valence-corrected chi connectivity index (χ2v) is 5.46. The Kier molecular flexibility index (Phi) is 2.66. The summed E-state index contributed by atoms with van der Waals surface area (Å²) in [6.45, 7) is 0. The molecule has 1 nitrogen and oxygen atoms in total. The zero-order chi connectivity index (χ0) is 8.23. The van der Waals surface area contributed by atoms with Crippen molar-refractivity contribution in [3.8, 4) is 0 Å². The average molecular weight is 273 g/mol. The third-order valence-electron chi connectivity index (χ3n) is 1.74. The van der Waals surface area contributed by atoms with Gasteiger partial charge in [0.05, 0.1) is 0 Å². The molecule has 2 aliphatic rings. The summed E-state index contributed by atoms with van der Waals surface area (Å²) in [6, 6.07) is 0. The quantitative estimate of drug-likeness (QED) is 0.440. The fraction of sp³-hybridized carbons (Fsp3) is 0.200. The zero-order valence-corrected chi connectivity index (χ0v) is 8.72. The maximum atomic E-state index is 5.49. The normalized spacial score (nSPS) is 32.7. The topological polar surface area (TPSA) is 9.23 Å². The van der Waals surface area contributed by atoms with Crippen molar-refractivity contribution in [2.24, 2.45) is 0 Å². The van der Waals surface area contributed by atoms with E-state index >= 15 is 0 Å². The Labute approximate surface area is 82.8 Å². The van der Waals surface area contributed by atoms with E-state index in [1.54, 1.807) is 6.26 Å². The first kappa shape index (κ1) is 8.10. The molecule has 0 aromatic rings. The van der Waals surface area contributed by atoms with Crippen LogP contribution in [0.1, 0.15) is 0 Å². The predicted molar refractivity (Wildman–Crippen MR) is 45.2 cm³/mol. The van der Waals surface area contributed by atoms with E-state index in [-0.39, 0.29) is 27.3 Å². The molecule has 0 radical (unpaired) electrons. The summed E-state index contributed by atoms with van der Waals surface area (Å²) >= 11 is 0.146. The number of hydrogen-bond donors (Lipinski definition) is 0. The van der Waals surface area contributed by atoms with Gasteiger partial charge in [-0.05, 0) is 0 Å². The van der Waals surface area contributed by atoms with Crippen molar-refractivity contribution in [3.05, 3.63) is 46.8 Å². The Hall–Kier alpha value is -0.510. The van der Waals surface area contributed by atoms with Gasteiger partial charge < -0.3 is 0 Å². The molecule has 2 atom stereocenters. The summed E-state index contributed by atoms with van der Waals surface area (Å²) in [4.78, 5) is 0. The van der Waals surface area contributed by atoms with E-state index in [2.05, 4.69) is 34.5 Å². The molecule has 0 N–H and O–H groups in total. The molecule has 0 bridgehead atoms. The van der Waals surface area contributed by atoms with E-state index in [4.69, 9.17) is 4.74 Å². The van der Waals surface area contributed by atoms with E-state index in [0.29, 0.717) is 3.92 Å². The van der Waals surface area contributed by atoms with Gasteiger partial charge in [-0.2, -0.15) is 0 Å². The standard InChI is InChI=1S/C10H10IO/c1-3-7-11-9(5-1)10-6-2-4-8-12-10/h1-10H/q-1. The van der Waals surface area contributed by atoms with Gasteiger partial charge in [-0.1, -0.05) is 0 Å². The molecule has 0 fully saturated rings. The van der Waals surface area contributed by atoms with Crippen LogP contribution in [0, 0.1) is 0 Å². The molecule has 64 valence electrons. The molecule has 0 aromatic heterocycles. The number of halogens is 1. The summed E-state index contributed by atoms with van der Waals surface area (Å²) in [5.74, 6) is 0. The molecule has 2 unspecified atom stereocenters. The van der Waals surface area contributed by atoms with Crippen LogP contribution in [0.3, 0.4) is 0 Å². The van der Waals surface area contributed by atoms with Gasteiger partial charge in [-0.25, -0.2) is 0 Å². The first-order valence-electron chi connectivity index (χ1n) is 3.91. The van der Waals surface area contributed by atoms with E-state index in [9.17, 15) is 0 Å². The summed E-state index contributed by atoms with van der Waals surface area (Å²) in [5, 5.41) is 0. The number of hydrogen-bond acceptors (Lipinski definition) is 1. The molecule has 0 spiro atoms. The Morgan fingerprint density at radius 2 is 1.92 bits per heavy atom. The van der Waals surface area contributed by atoms with Crippen LogP contribution in [0.25, 0.3) is 0 Å². The van der Waals surface area contributed by atoms with Crippen molar-refractivity contribution < 1.29 is 25.9 Å². The van der Waals surface area contributed by atoms with Gasteiger partial charge in [-0.3, -0.25) is 0 Å². The summed E-state index contributed by atoms with van der Waals surface area (Å²) in [7, 11) is 0. The molecule has 2 heteroatoms. The van der Waals surface area contributed by atoms with Crippen LogP contribution in [0.4, 0.5) is 0 Å². The SMILES string of the molecule is C1=COC(C2C=CC=C[I-]2)C=C1. The third kappa shape index (κ3) is 1.80. The second kappa shape index (κ2) is 3.94. The number of alkyl halides is 1. The molecule has 2 rings (SSSR count). The molecule has 0 saturated heterocycles. The first-order valence-corrected chi connectivity index (χ1v) is 6.40. The minimum absolute atomic E-state index is 0.146. The van der Waals surface area contributed by atoms with Crippen molar-refractivity contribution in [1.82, 2.24) is 0 Å². The van der Waals surface area contributed by atoms with Gasteiger partial charge >= 0.3 is 82.8 Å². The van der Waals surface area contributed by atoms with Crippen LogP contribution in [-0.4, -0.2) is 10.0 Å². The van der Waals surface area contributed by atoms with Crippen molar-refractivity contribution in [3.63, 3.8) is 0 Å².